The van der Waals surface area contributed by atoms with E-state index in [0.717, 1.165) is 17.5 Å². The number of nitriles is 1. The van der Waals surface area contributed by atoms with Gasteiger partial charge in [-0.15, -0.1) is 11.3 Å². The number of sulfone groups is 1. The van der Waals surface area contributed by atoms with E-state index in [-0.39, 0.29) is 16.1 Å². The maximum atomic E-state index is 12.8. The Balaban J connectivity index is 1.62. The summed E-state index contributed by atoms with van der Waals surface area (Å²) in [6.45, 7) is 0. The highest BCUT2D eigenvalue weighted by Gasteiger charge is 2.18. The molecule has 0 aliphatic heterocycles. The molecule has 2 heterocycles. The van der Waals surface area contributed by atoms with Crippen LogP contribution in [0.3, 0.4) is 0 Å². The summed E-state index contributed by atoms with van der Waals surface area (Å²) < 4.78 is 24.6. The van der Waals surface area contributed by atoms with Crippen LogP contribution < -0.4 is 10.6 Å². The largest absolute Gasteiger partial charge is 0.330 e. The number of thiazole rings is 1. The van der Waals surface area contributed by atoms with Gasteiger partial charge in [0.05, 0.1) is 27.9 Å². The third kappa shape index (κ3) is 5.23. The van der Waals surface area contributed by atoms with Crippen LogP contribution in [0.15, 0.2) is 77.3 Å². The van der Waals surface area contributed by atoms with Crippen LogP contribution in [0, 0.1) is 11.3 Å². The third-order valence-corrected chi connectivity index (χ3v) is 6.55. The smallest absolute Gasteiger partial charge is 0.255 e. The number of nitrogens with one attached hydrogen (secondary N) is 2. The first-order chi connectivity index (χ1) is 15.8. The number of hydrogen-bond donors (Lipinski definition) is 2. The summed E-state index contributed by atoms with van der Waals surface area (Å²) in [6, 6.07) is 16.4. The average Bonchev–Trinajstić information content (AvgIpc) is 3.28. The number of anilines is 3. The van der Waals surface area contributed by atoms with Crippen LogP contribution in [0.5, 0.6) is 0 Å². The van der Waals surface area contributed by atoms with Gasteiger partial charge in [-0.1, -0.05) is 0 Å². The minimum Gasteiger partial charge on any atom is -0.330 e. The zero-order chi connectivity index (χ0) is 23.4. The Morgan fingerprint density at radius 3 is 2.45 bits per heavy atom. The topological polar surface area (TPSA) is 125 Å². The molecule has 0 saturated carbocycles. The lowest BCUT2D eigenvalue weighted by Gasteiger charge is -2.12. The highest BCUT2D eigenvalue weighted by molar-refractivity contribution is 7.90. The first kappa shape index (κ1) is 22.1. The number of rotatable bonds is 6. The number of carbonyl (C=O) groups excluding carboxylic acids is 1. The number of nitrogens with zero attached hydrogens (tertiary/aromatic N) is 3. The van der Waals surface area contributed by atoms with E-state index < -0.39 is 15.7 Å². The zero-order valence-corrected chi connectivity index (χ0v) is 18.9. The van der Waals surface area contributed by atoms with Gasteiger partial charge in [0.15, 0.2) is 15.0 Å². The molecule has 10 heteroatoms. The second kappa shape index (κ2) is 9.20. The molecule has 0 unspecified atom stereocenters. The lowest BCUT2D eigenvalue weighted by Crippen LogP contribution is -2.13. The minimum absolute atomic E-state index is 0.0538. The molecule has 4 aromatic rings. The van der Waals surface area contributed by atoms with Crippen molar-refractivity contribution in [3.05, 3.63) is 83.5 Å². The van der Waals surface area contributed by atoms with Gasteiger partial charge in [-0.2, -0.15) is 5.26 Å². The van der Waals surface area contributed by atoms with Gasteiger partial charge >= 0.3 is 0 Å². The highest BCUT2D eigenvalue weighted by Crippen LogP contribution is 2.31. The van der Waals surface area contributed by atoms with Gasteiger partial charge in [0.2, 0.25) is 0 Å². The Morgan fingerprint density at radius 2 is 1.79 bits per heavy atom. The fraction of sp³-hybridized carbons (Fsp3) is 0.0435. The van der Waals surface area contributed by atoms with E-state index in [9.17, 15) is 13.2 Å². The van der Waals surface area contributed by atoms with E-state index in [1.54, 1.807) is 36.7 Å². The number of benzene rings is 2. The van der Waals surface area contributed by atoms with Gasteiger partial charge in [0.25, 0.3) is 5.91 Å². The van der Waals surface area contributed by atoms with E-state index in [0.29, 0.717) is 16.4 Å². The molecule has 0 radical (unpaired) electrons. The molecular weight excluding hydrogens is 458 g/mol. The summed E-state index contributed by atoms with van der Waals surface area (Å²) in [4.78, 5) is 21.3. The number of carbonyl (C=O) groups is 1. The number of hydrogen-bond acceptors (Lipinski definition) is 8. The predicted molar refractivity (Wildman–Crippen MR) is 127 cm³/mol. The molecule has 2 aromatic heterocycles. The maximum Gasteiger partial charge on any atom is 0.255 e. The van der Waals surface area contributed by atoms with Crippen molar-refractivity contribution >= 4 is 43.6 Å². The zero-order valence-electron chi connectivity index (χ0n) is 17.3. The second-order valence-corrected chi connectivity index (χ2v) is 9.87. The van der Waals surface area contributed by atoms with Crippen LogP contribution in [-0.2, 0) is 9.84 Å². The Labute approximate surface area is 194 Å². The molecule has 2 N–H and O–H groups in total. The molecular formula is C23H17N5O3S2. The molecule has 0 fully saturated rings. The lowest BCUT2D eigenvalue weighted by atomic mass is 10.1. The molecule has 0 aliphatic rings. The summed E-state index contributed by atoms with van der Waals surface area (Å²) in [6.07, 6.45) is 4.44. The highest BCUT2D eigenvalue weighted by atomic mass is 32.2. The van der Waals surface area contributed by atoms with Crippen molar-refractivity contribution in [3.63, 3.8) is 0 Å². The molecule has 164 valence electrons. The quantitative estimate of drug-likeness (QED) is 0.421. The number of amides is 1. The molecule has 0 bridgehead atoms. The monoisotopic (exact) mass is 475 g/mol. The van der Waals surface area contributed by atoms with Crippen molar-refractivity contribution in [3.8, 4) is 17.3 Å². The van der Waals surface area contributed by atoms with E-state index in [2.05, 4.69) is 20.6 Å². The normalized spacial score (nSPS) is 10.9. The molecule has 4 rings (SSSR count). The van der Waals surface area contributed by atoms with Crippen molar-refractivity contribution in [2.24, 2.45) is 0 Å². The minimum atomic E-state index is -3.56. The van der Waals surface area contributed by atoms with Gasteiger partial charge in [-0.25, -0.2) is 13.4 Å². The molecule has 0 atom stereocenters. The maximum absolute atomic E-state index is 12.8. The average molecular weight is 476 g/mol. The van der Waals surface area contributed by atoms with Crippen molar-refractivity contribution in [1.29, 1.82) is 5.26 Å². The van der Waals surface area contributed by atoms with Crippen molar-refractivity contribution < 1.29 is 13.2 Å². The van der Waals surface area contributed by atoms with Gasteiger partial charge in [-0.3, -0.25) is 9.78 Å². The van der Waals surface area contributed by atoms with Gasteiger partial charge in [0.1, 0.15) is 0 Å². The van der Waals surface area contributed by atoms with Crippen LogP contribution in [0.4, 0.5) is 16.5 Å². The molecule has 33 heavy (non-hydrogen) atoms. The SMILES string of the molecule is CS(=O)(=O)c1ccc(C(=O)Nc2ccc(C#N)cc2)cc1Nc1nc(-c2ccncc2)cs1. The van der Waals surface area contributed by atoms with E-state index in [4.69, 9.17) is 5.26 Å². The summed E-state index contributed by atoms with van der Waals surface area (Å²) in [5, 5.41) is 17.0. The molecule has 2 aromatic carbocycles. The molecule has 1 amide bonds. The van der Waals surface area contributed by atoms with Gasteiger partial charge < -0.3 is 10.6 Å². The van der Waals surface area contributed by atoms with E-state index in [1.807, 2.05) is 23.6 Å². The predicted octanol–water partition coefficient (Wildman–Crippen LogP) is 4.48. The Morgan fingerprint density at radius 1 is 1.06 bits per heavy atom. The van der Waals surface area contributed by atoms with E-state index in [1.165, 1.54) is 29.5 Å². The standard InChI is InChI=1S/C23H17N5O3S2/c1-33(30,31)21-7-4-17(22(29)26-18-5-2-15(13-24)3-6-18)12-19(21)27-23-28-20(14-32-23)16-8-10-25-11-9-16/h2-12,14H,1H3,(H,26,29)(H,27,28). The molecule has 0 aliphatic carbocycles. The van der Waals surface area contributed by atoms with Crippen molar-refractivity contribution in [1.82, 2.24) is 9.97 Å². The van der Waals surface area contributed by atoms with Crippen molar-refractivity contribution in [2.75, 3.05) is 16.9 Å². The van der Waals surface area contributed by atoms with Gasteiger partial charge in [0, 0.05) is 40.8 Å². The fourth-order valence-corrected chi connectivity index (χ4v) is 4.58. The molecule has 0 spiro atoms. The van der Waals surface area contributed by atoms with Crippen LogP contribution in [-0.4, -0.2) is 30.5 Å². The number of pyridine rings is 1. The first-order valence-electron chi connectivity index (χ1n) is 9.62. The van der Waals surface area contributed by atoms with Crippen molar-refractivity contribution in [2.45, 2.75) is 4.90 Å². The lowest BCUT2D eigenvalue weighted by molar-refractivity contribution is 0.102. The summed E-state index contributed by atoms with van der Waals surface area (Å²) in [7, 11) is -3.56. The van der Waals surface area contributed by atoms with Gasteiger partial charge in [-0.05, 0) is 54.6 Å². The Kier molecular flexibility index (Phi) is 6.17. The Bertz CT molecular complexity index is 1460. The molecule has 8 nitrogen and oxygen atoms in total. The molecule has 0 saturated heterocycles. The summed E-state index contributed by atoms with van der Waals surface area (Å²) in [5.41, 5.74) is 3.11. The second-order valence-electron chi connectivity index (χ2n) is 7.03. The van der Waals surface area contributed by atoms with Crippen LogP contribution in [0.25, 0.3) is 11.3 Å². The first-order valence-corrected chi connectivity index (χ1v) is 12.4. The summed E-state index contributed by atoms with van der Waals surface area (Å²) >= 11 is 1.31. The number of aromatic nitrogens is 2. The van der Waals surface area contributed by atoms with Crippen LogP contribution in [0.2, 0.25) is 0 Å². The van der Waals surface area contributed by atoms with E-state index >= 15 is 0 Å². The fourth-order valence-electron chi connectivity index (χ4n) is 3.03. The van der Waals surface area contributed by atoms with Crippen LogP contribution >= 0.6 is 11.3 Å². The third-order valence-electron chi connectivity index (χ3n) is 4.63. The summed E-state index contributed by atoms with van der Waals surface area (Å²) in [5.74, 6) is -0.417. The Hall–Kier alpha value is -4.07. The van der Waals surface area contributed by atoms with Crippen LogP contribution in [0.1, 0.15) is 15.9 Å².